The SMILES string of the molecule is COCc1nc([C@@H]2C[C@H]2CN)cs1. The Balaban J connectivity index is 1.98. The van der Waals surface area contributed by atoms with Gasteiger partial charge in [-0.3, -0.25) is 0 Å². The molecule has 1 saturated carbocycles. The summed E-state index contributed by atoms with van der Waals surface area (Å²) in [6.07, 6.45) is 1.21. The molecule has 0 spiro atoms. The van der Waals surface area contributed by atoms with E-state index in [-0.39, 0.29) is 0 Å². The summed E-state index contributed by atoms with van der Waals surface area (Å²) in [5, 5.41) is 3.20. The Morgan fingerprint density at radius 2 is 2.62 bits per heavy atom. The molecule has 1 aromatic heterocycles. The molecule has 0 radical (unpaired) electrons. The van der Waals surface area contributed by atoms with Crippen LogP contribution < -0.4 is 5.73 Å². The standard InChI is InChI=1S/C9H14N2OS/c1-12-4-9-11-8(5-13-9)7-2-6(7)3-10/h5-7H,2-4,10H2,1H3/t6-,7+/m0/s1. The van der Waals surface area contributed by atoms with Gasteiger partial charge in [-0.25, -0.2) is 4.98 Å². The lowest BCUT2D eigenvalue weighted by Crippen LogP contribution is -2.02. The second-order valence-corrected chi connectivity index (χ2v) is 4.38. The molecule has 0 aromatic carbocycles. The molecule has 2 atom stereocenters. The van der Waals surface area contributed by atoms with Crippen LogP contribution >= 0.6 is 11.3 Å². The third kappa shape index (κ3) is 1.90. The van der Waals surface area contributed by atoms with Crippen LogP contribution in [0, 0.1) is 5.92 Å². The van der Waals surface area contributed by atoms with Gasteiger partial charge in [0.25, 0.3) is 0 Å². The summed E-state index contributed by atoms with van der Waals surface area (Å²) >= 11 is 1.68. The lowest BCUT2D eigenvalue weighted by atomic mass is 10.2. The summed E-state index contributed by atoms with van der Waals surface area (Å²) in [5.74, 6) is 1.31. The fraction of sp³-hybridized carbons (Fsp3) is 0.667. The van der Waals surface area contributed by atoms with E-state index in [0.717, 1.165) is 11.6 Å². The number of nitrogens with two attached hydrogens (primary N) is 1. The minimum Gasteiger partial charge on any atom is -0.378 e. The first-order chi connectivity index (χ1) is 6.35. The van der Waals surface area contributed by atoms with Gasteiger partial charge < -0.3 is 10.5 Å². The molecule has 1 aliphatic carbocycles. The Hall–Kier alpha value is -0.450. The number of hydrogen-bond acceptors (Lipinski definition) is 4. The van der Waals surface area contributed by atoms with Crippen LogP contribution in [0.2, 0.25) is 0 Å². The third-order valence-corrected chi connectivity index (χ3v) is 3.28. The van der Waals surface area contributed by atoms with Gasteiger partial charge in [0.2, 0.25) is 0 Å². The van der Waals surface area contributed by atoms with Crippen LogP contribution in [0.5, 0.6) is 0 Å². The van der Waals surface area contributed by atoms with Crippen molar-refractivity contribution in [3.05, 3.63) is 16.1 Å². The molecule has 1 fully saturated rings. The number of nitrogens with zero attached hydrogens (tertiary/aromatic N) is 1. The van der Waals surface area contributed by atoms with E-state index in [1.54, 1.807) is 18.4 Å². The van der Waals surface area contributed by atoms with Gasteiger partial charge in [-0.2, -0.15) is 0 Å². The summed E-state index contributed by atoms with van der Waals surface area (Å²) in [6, 6.07) is 0. The first kappa shape index (κ1) is 9.12. The number of ether oxygens (including phenoxy) is 1. The fourth-order valence-corrected chi connectivity index (χ4v) is 2.38. The van der Waals surface area contributed by atoms with Gasteiger partial charge in [0.15, 0.2) is 0 Å². The molecule has 3 nitrogen and oxygen atoms in total. The van der Waals surface area contributed by atoms with Gasteiger partial charge in [-0.15, -0.1) is 11.3 Å². The lowest BCUT2D eigenvalue weighted by molar-refractivity contribution is 0.184. The van der Waals surface area contributed by atoms with Crippen LogP contribution in [0.1, 0.15) is 23.0 Å². The highest BCUT2D eigenvalue weighted by molar-refractivity contribution is 7.09. The molecule has 0 bridgehead atoms. The van der Waals surface area contributed by atoms with Crippen molar-refractivity contribution in [2.75, 3.05) is 13.7 Å². The maximum Gasteiger partial charge on any atom is 0.119 e. The molecule has 1 heterocycles. The van der Waals surface area contributed by atoms with E-state index < -0.39 is 0 Å². The van der Waals surface area contributed by atoms with Gasteiger partial charge in [-0.1, -0.05) is 0 Å². The molecule has 0 amide bonds. The Morgan fingerprint density at radius 1 is 1.77 bits per heavy atom. The molecular formula is C9H14N2OS. The minimum absolute atomic E-state index is 0.630. The Labute approximate surface area is 81.9 Å². The van der Waals surface area contributed by atoms with Crippen molar-refractivity contribution in [3.8, 4) is 0 Å². The van der Waals surface area contributed by atoms with Crippen molar-refractivity contribution >= 4 is 11.3 Å². The zero-order valence-corrected chi connectivity index (χ0v) is 8.51. The van der Waals surface area contributed by atoms with Crippen molar-refractivity contribution in [2.24, 2.45) is 11.7 Å². The highest BCUT2D eigenvalue weighted by Gasteiger charge is 2.38. The Bertz CT molecular complexity index is 287. The third-order valence-electron chi connectivity index (χ3n) is 2.44. The zero-order valence-electron chi connectivity index (χ0n) is 7.69. The largest absolute Gasteiger partial charge is 0.378 e. The number of aromatic nitrogens is 1. The number of rotatable bonds is 4. The summed E-state index contributed by atoms with van der Waals surface area (Å²) in [5.41, 5.74) is 6.79. The van der Waals surface area contributed by atoms with Gasteiger partial charge in [0.1, 0.15) is 5.01 Å². The average Bonchev–Trinajstić information content (AvgIpc) is 2.80. The minimum atomic E-state index is 0.630. The number of thiazole rings is 1. The molecule has 2 rings (SSSR count). The lowest BCUT2D eigenvalue weighted by Gasteiger charge is -1.92. The van der Waals surface area contributed by atoms with Crippen molar-refractivity contribution in [1.82, 2.24) is 4.98 Å². The Morgan fingerprint density at radius 3 is 3.23 bits per heavy atom. The highest BCUT2D eigenvalue weighted by Crippen LogP contribution is 2.46. The second kappa shape index (κ2) is 3.74. The van der Waals surface area contributed by atoms with Crippen molar-refractivity contribution in [2.45, 2.75) is 18.9 Å². The molecule has 1 aromatic rings. The molecule has 1 aliphatic rings. The molecule has 0 aliphatic heterocycles. The van der Waals surface area contributed by atoms with Gasteiger partial charge in [0.05, 0.1) is 12.3 Å². The summed E-state index contributed by atoms with van der Waals surface area (Å²) in [6.45, 7) is 1.42. The molecule has 0 saturated heterocycles. The maximum absolute atomic E-state index is 5.58. The Kier molecular flexibility index (Phi) is 2.62. The quantitative estimate of drug-likeness (QED) is 0.794. The topological polar surface area (TPSA) is 48.1 Å². The molecular weight excluding hydrogens is 184 g/mol. The number of hydrogen-bond donors (Lipinski definition) is 1. The van der Waals surface area contributed by atoms with E-state index in [0.29, 0.717) is 18.4 Å². The fourth-order valence-electron chi connectivity index (χ4n) is 1.56. The van der Waals surface area contributed by atoms with Crippen molar-refractivity contribution in [3.63, 3.8) is 0 Å². The van der Waals surface area contributed by atoms with Crippen LogP contribution in [0.15, 0.2) is 5.38 Å². The van der Waals surface area contributed by atoms with E-state index in [1.165, 1.54) is 12.1 Å². The molecule has 4 heteroatoms. The van der Waals surface area contributed by atoms with E-state index >= 15 is 0 Å². The van der Waals surface area contributed by atoms with Gasteiger partial charge >= 0.3 is 0 Å². The smallest absolute Gasteiger partial charge is 0.119 e. The highest BCUT2D eigenvalue weighted by atomic mass is 32.1. The second-order valence-electron chi connectivity index (χ2n) is 3.44. The summed E-state index contributed by atoms with van der Waals surface area (Å²) in [7, 11) is 1.70. The van der Waals surface area contributed by atoms with Crippen LogP contribution in [0.3, 0.4) is 0 Å². The van der Waals surface area contributed by atoms with Crippen molar-refractivity contribution in [1.29, 1.82) is 0 Å². The van der Waals surface area contributed by atoms with Gasteiger partial charge in [-0.05, 0) is 18.9 Å². The van der Waals surface area contributed by atoms with Crippen LogP contribution in [-0.2, 0) is 11.3 Å². The predicted molar refractivity (Wildman–Crippen MR) is 52.7 cm³/mol. The zero-order chi connectivity index (χ0) is 9.26. The molecule has 72 valence electrons. The van der Waals surface area contributed by atoms with E-state index in [4.69, 9.17) is 10.5 Å². The maximum atomic E-state index is 5.58. The predicted octanol–water partition coefficient (Wildman–Crippen LogP) is 1.35. The van der Waals surface area contributed by atoms with Gasteiger partial charge in [0, 0.05) is 18.4 Å². The van der Waals surface area contributed by atoms with E-state index in [2.05, 4.69) is 10.4 Å². The normalized spacial score (nSPS) is 26.3. The van der Waals surface area contributed by atoms with Crippen LogP contribution in [0.25, 0.3) is 0 Å². The average molecular weight is 198 g/mol. The molecule has 0 unspecified atom stereocenters. The van der Waals surface area contributed by atoms with Crippen LogP contribution in [-0.4, -0.2) is 18.6 Å². The number of methoxy groups -OCH3 is 1. The monoisotopic (exact) mass is 198 g/mol. The van der Waals surface area contributed by atoms with E-state index in [1.807, 2.05) is 0 Å². The summed E-state index contributed by atoms with van der Waals surface area (Å²) in [4.78, 5) is 4.50. The molecule has 13 heavy (non-hydrogen) atoms. The molecule has 2 N–H and O–H groups in total. The van der Waals surface area contributed by atoms with Crippen LogP contribution in [0.4, 0.5) is 0 Å². The van der Waals surface area contributed by atoms with E-state index in [9.17, 15) is 0 Å². The first-order valence-corrected chi connectivity index (χ1v) is 5.36. The summed E-state index contributed by atoms with van der Waals surface area (Å²) < 4.78 is 5.02. The first-order valence-electron chi connectivity index (χ1n) is 4.48. The van der Waals surface area contributed by atoms with Crippen molar-refractivity contribution < 1.29 is 4.74 Å².